The quantitative estimate of drug-likeness (QED) is 0.202. The minimum Gasteiger partial charge on any atom is -0.508 e. The first-order chi connectivity index (χ1) is 17.6. The molecule has 0 radical (unpaired) electrons. The Morgan fingerprint density at radius 3 is 2.46 bits per heavy atom. The molecule has 1 atom stereocenters. The van der Waals surface area contributed by atoms with Gasteiger partial charge in [-0.25, -0.2) is 4.79 Å². The summed E-state index contributed by atoms with van der Waals surface area (Å²) in [6.07, 6.45) is 1.58. The summed E-state index contributed by atoms with van der Waals surface area (Å²) < 4.78 is 7.63. The Morgan fingerprint density at radius 1 is 1.03 bits per heavy atom. The van der Waals surface area contributed by atoms with Gasteiger partial charge in [-0.2, -0.15) is 0 Å². The molecule has 0 aliphatic rings. The minimum atomic E-state index is -0.917. The van der Waals surface area contributed by atoms with Gasteiger partial charge in [0.2, 0.25) is 11.8 Å². The summed E-state index contributed by atoms with van der Waals surface area (Å²) in [4.78, 5) is 35.6. The highest BCUT2D eigenvalue weighted by molar-refractivity contribution is 9.11. The molecule has 3 aromatic carbocycles. The van der Waals surface area contributed by atoms with Crippen molar-refractivity contribution in [2.24, 2.45) is 11.5 Å². The number of amides is 4. The van der Waals surface area contributed by atoms with E-state index in [-0.39, 0.29) is 18.1 Å². The molecule has 0 saturated heterocycles. The van der Waals surface area contributed by atoms with Crippen LogP contribution in [0, 0.1) is 0 Å². The molecule has 0 bridgehead atoms. The Bertz CT molecular complexity index is 1280. The second-order valence-electron chi connectivity index (χ2n) is 8.46. The van der Waals surface area contributed by atoms with Crippen LogP contribution in [-0.4, -0.2) is 42.1 Å². The predicted molar refractivity (Wildman–Crippen MR) is 148 cm³/mol. The molecular weight excluding hydrogens is 608 g/mol. The number of benzene rings is 3. The Morgan fingerprint density at radius 2 is 1.76 bits per heavy atom. The summed E-state index contributed by atoms with van der Waals surface area (Å²) >= 11 is 7.05. The van der Waals surface area contributed by atoms with E-state index in [0.29, 0.717) is 48.2 Å². The van der Waals surface area contributed by atoms with Crippen LogP contribution in [-0.2, 0) is 22.4 Å². The van der Waals surface area contributed by atoms with Gasteiger partial charge in [0, 0.05) is 16.6 Å². The second-order valence-corrected chi connectivity index (χ2v) is 10.2. The highest BCUT2D eigenvalue weighted by atomic mass is 79.9. The zero-order valence-corrected chi connectivity index (χ0v) is 23.1. The normalized spacial score (nSPS) is 11.6. The van der Waals surface area contributed by atoms with Crippen molar-refractivity contribution in [2.75, 3.05) is 13.2 Å². The van der Waals surface area contributed by atoms with Crippen LogP contribution in [0.2, 0.25) is 0 Å². The molecule has 11 heteroatoms. The minimum absolute atomic E-state index is 0.0890. The van der Waals surface area contributed by atoms with E-state index in [1.165, 1.54) is 0 Å². The second kappa shape index (κ2) is 13.4. The number of phenols is 1. The van der Waals surface area contributed by atoms with Crippen LogP contribution in [0.25, 0.3) is 10.8 Å². The first-order valence-corrected chi connectivity index (χ1v) is 13.2. The van der Waals surface area contributed by atoms with Gasteiger partial charge in [-0.15, -0.1) is 0 Å². The first kappa shape index (κ1) is 28.4. The Hall–Kier alpha value is -3.15. The first-order valence-electron chi connectivity index (χ1n) is 11.6. The molecule has 0 aromatic heterocycles. The van der Waals surface area contributed by atoms with Crippen LogP contribution >= 0.6 is 31.9 Å². The van der Waals surface area contributed by atoms with Gasteiger partial charge in [0.1, 0.15) is 11.5 Å². The molecule has 3 aromatic rings. The SMILES string of the molecule is NC(=O)NC(=O)Cc1cc2cc(Br)ccc2c(Br)c1OCCCCNC(=O)[C@@H](N)Cc1ccc(O)cc1. The van der Waals surface area contributed by atoms with Crippen LogP contribution in [0.15, 0.2) is 57.5 Å². The van der Waals surface area contributed by atoms with E-state index >= 15 is 0 Å². The highest BCUT2D eigenvalue weighted by Gasteiger charge is 2.17. The van der Waals surface area contributed by atoms with Gasteiger partial charge in [-0.1, -0.05) is 34.1 Å². The summed E-state index contributed by atoms with van der Waals surface area (Å²) in [6, 6.07) is 12.6. The number of fused-ring (bicyclic) bond motifs is 1. The maximum atomic E-state index is 12.3. The van der Waals surface area contributed by atoms with Crippen molar-refractivity contribution in [3.8, 4) is 11.5 Å². The largest absolute Gasteiger partial charge is 0.508 e. The van der Waals surface area contributed by atoms with E-state index in [1.54, 1.807) is 24.3 Å². The molecule has 0 aliphatic carbocycles. The number of halogens is 2. The third-order valence-corrected chi connectivity index (χ3v) is 6.81. The maximum Gasteiger partial charge on any atom is 0.318 e. The molecule has 9 nitrogen and oxygen atoms in total. The molecule has 4 amide bonds. The fourth-order valence-electron chi connectivity index (χ4n) is 3.73. The van der Waals surface area contributed by atoms with Gasteiger partial charge in [0.05, 0.1) is 23.5 Å². The molecule has 0 fully saturated rings. The number of nitrogens with one attached hydrogen (secondary N) is 2. The van der Waals surface area contributed by atoms with Gasteiger partial charge >= 0.3 is 6.03 Å². The molecule has 7 N–H and O–H groups in total. The monoisotopic (exact) mass is 634 g/mol. The van der Waals surface area contributed by atoms with E-state index in [4.69, 9.17) is 16.2 Å². The number of rotatable bonds is 11. The predicted octanol–water partition coefficient (Wildman–Crippen LogP) is 3.65. The van der Waals surface area contributed by atoms with Crippen molar-refractivity contribution >= 4 is 60.5 Å². The molecule has 196 valence electrons. The molecule has 0 spiro atoms. The van der Waals surface area contributed by atoms with Crippen LogP contribution in [0.1, 0.15) is 24.0 Å². The van der Waals surface area contributed by atoms with Gasteiger partial charge in [0.15, 0.2) is 0 Å². The van der Waals surface area contributed by atoms with Crippen LogP contribution < -0.4 is 26.8 Å². The van der Waals surface area contributed by atoms with Crippen LogP contribution in [0.3, 0.4) is 0 Å². The Kier molecular flexibility index (Phi) is 10.3. The van der Waals surface area contributed by atoms with Crippen LogP contribution in [0.5, 0.6) is 11.5 Å². The molecule has 0 heterocycles. The van der Waals surface area contributed by atoms with Crippen LogP contribution in [0.4, 0.5) is 4.79 Å². The average Bonchev–Trinajstić information content (AvgIpc) is 2.83. The van der Waals surface area contributed by atoms with Gasteiger partial charge < -0.3 is 26.6 Å². The number of primary amides is 1. The van der Waals surface area contributed by atoms with Gasteiger partial charge in [-0.05, 0) is 81.9 Å². The highest BCUT2D eigenvalue weighted by Crippen LogP contribution is 2.38. The van der Waals surface area contributed by atoms with Gasteiger partial charge in [-0.3, -0.25) is 14.9 Å². The molecule has 0 saturated carbocycles. The molecule has 37 heavy (non-hydrogen) atoms. The van der Waals surface area contributed by atoms with E-state index in [2.05, 4.69) is 42.5 Å². The lowest BCUT2D eigenvalue weighted by atomic mass is 10.0. The maximum absolute atomic E-state index is 12.3. The number of carbonyl (C=O) groups is 3. The van der Waals surface area contributed by atoms with E-state index in [1.807, 2.05) is 24.3 Å². The van der Waals surface area contributed by atoms with Crippen molar-refractivity contribution in [3.63, 3.8) is 0 Å². The number of phenolic OH excluding ortho intramolecular Hbond substituents is 1. The number of aromatic hydroxyl groups is 1. The number of unbranched alkanes of at least 4 members (excludes halogenated alkanes) is 1. The lowest BCUT2D eigenvalue weighted by Crippen LogP contribution is -2.42. The smallest absolute Gasteiger partial charge is 0.318 e. The fourth-order valence-corrected chi connectivity index (χ4v) is 4.84. The Labute approximate surface area is 231 Å². The fraction of sp³-hybridized carbons (Fsp3) is 0.269. The van der Waals surface area contributed by atoms with Crippen molar-refractivity contribution in [2.45, 2.75) is 31.7 Å². The van der Waals surface area contributed by atoms with Gasteiger partial charge in [0.25, 0.3) is 0 Å². The summed E-state index contributed by atoms with van der Waals surface area (Å²) in [5.74, 6) is -0.117. The lowest BCUT2D eigenvalue weighted by molar-refractivity contribution is -0.122. The average molecular weight is 636 g/mol. The van der Waals surface area contributed by atoms with E-state index in [9.17, 15) is 19.5 Å². The standard InChI is InChI=1S/C26H28Br2N4O5/c27-18-5-8-20-16(13-18)12-17(14-22(34)32-26(30)36)24(23(20)28)37-10-2-1-9-31-25(35)21(29)11-15-3-6-19(33)7-4-15/h3-8,12-13,21,33H,1-2,9-11,14,29H2,(H,31,35)(H3,30,32,34,36)/t21-/m0/s1. The van der Waals surface area contributed by atoms with Crippen molar-refractivity contribution in [1.29, 1.82) is 0 Å². The number of carbonyl (C=O) groups excluding carboxylic acids is 3. The Balaban J connectivity index is 1.55. The summed E-state index contributed by atoms with van der Waals surface area (Å²) in [5.41, 5.74) is 12.5. The number of imide groups is 1. The topological polar surface area (TPSA) is 157 Å². The molecule has 0 aliphatic heterocycles. The zero-order chi connectivity index (χ0) is 26.9. The van der Waals surface area contributed by atoms with E-state index < -0.39 is 18.0 Å². The third kappa shape index (κ3) is 8.44. The molecular formula is C26H28Br2N4O5. The van der Waals surface area contributed by atoms with Crippen molar-refractivity contribution in [3.05, 3.63) is 68.6 Å². The van der Waals surface area contributed by atoms with E-state index in [0.717, 1.165) is 20.8 Å². The number of hydrogen-bond donors (Lipinski definition) is 5. The number of hydrogen-bond acceptors (Lipinski definition) is 6. The van der Waals surface area contributed by atoms with Crippen molar-refractivity contribution < 1.29 is 24.2 Å². The summed E-state index contributed by atoms with van der Waals surface area (Å²) in [5, 5.41) is 16.1. The lowest BCUT2D eigenvalue weighted by Gasteiger charge is -2.16. The molecule has 3 rings (SSSR count). The van der Waals surface area contributed by atoms with Crippen molar-refractivity contribution in [1.82, 2.24) is 10.6 Å². The molecule has 0 unspecified atom stereocenters. The number of ether oxygens (including phenoxy) is 1. The summed E-state index contributed by atoms with van der Waals surface area (Å²) in [7, 11) is 0. The zero-order valence-electron chi connectivity index (χ0n) is 19.9. The number of urea groups is 1. The third-order valence-electron chi connectivity index (χ3n) is 5.53. The number of nitrogens with two attached hydrogens (primary N) is 2. The summed E-state index contributed by atoms with van der Waals surface area (Å²) in [6.45, 7) is 0.784.